The highest BCUT2D eigenvalue weighted by atomic mass is 16.6. The molecule has 1 N–H and O–H groups in total. The zero-order chi connectivity index (χ0) is 18.6. The van der Waals surface area contributed by atoms with Crippen molar-refractivity contribution >= 4 is 17.9 Å². The number of fused-ring (bicyclic) bond motifs is 4. The fraction of sp³-hybridized carbons (Fsp3) is 0.524. The molecule has 6 nitrogen and oxygen atoms in total. The molecule has 4 fully saturated rings. The van der Waals surface area contributed by atoms with Crippen LogP contribution in [-0.4, -0.2) is 48.8 Å². The minimum Gasteiger partial charge on any atom is -0.468 e. The van der Waals surface area contributed by atoms with Gasteiger partial charge in [0.05, 0.1) is 18.6 Å². The summed E-state index contributed by atoms with van der Waals surface area (Å²) in [5.74, 6) is -0.611. The van der Waals surface area contributed by atoms with E-state index in [1.54, 1.807) is 0 Å². The first-order valence-electron chi connectivity index (χ1n) is 9.60. The van der Waals surface area contributed by atoms with E-state index in [1.165, 1.54) is 7.11 Å². The smallest absolute Gasteiger partial charge is 0.320 e. The molecule has 4 aliphatic heterocycles. The molecule has 1 spiro atoms. The summed E-state index contributed by atoms with van der Waals surface area (Å²) in [4.78, 5) is 28.7. The molecule has 3 saturated heterocycles. The van der Waals surface area contributed by atoms with Gasteiger partial charge in [0, 0.05) is 24.6 Å². The van der Waals surface area contributed by atoms with Gasteiger partial charge in [0.25, 0.3) is 0 Å². The van der Waals surface area contributed by atoms with E-state index in [1.807, 2.05) is 31.2 Å². The number of rotatable bonds is 2. The van der Waals surface area contributed by atoms with Gasteiger partial charge < -0.3 is 19.6 Å². The molecule has 6 atom stereocenters. The Balaban J connectivity index is 1.75. The Morgan fingerprint density at radius 1 is 1.41 bits per heavy atom. The summed E-state index contributed by atoms with van der Waals surface area (Å²) in [5, 5.41) is 3.63. The molecule has 140 valence electrons. The van der Waals surface area contributed by atoms with Crippen molar-refractivity contribution in [3.05, 3.63) is 41.5 Å². The molecule has 6 rings (SSSR count). The van der Waals surface area contributed by atoms with Crippen molar-refractivity contribution in [3.8, 4) is 0 Å². The van der Waals surface area contributed by atoms with Crippen LogP contribution in [0.1, 0.15) is 25.3 Å². The van der Waals surface area contributed by atoms with E-state index in [0.717, 1.165) is 29.7 Å². The van der Waals surface area contributed by atoms with Crippen LogP contribution in [0.15, 0.2) is 35.9 Å². The molecule has 1 aromatic carbocycles. The number of piperidine rings is 2. The van der Waals surface area contributed by atoms with Crippen molar-refractivity contribution in [2.24, 2.45) is 11.3 Å². The summed E-state index contributed by atoms with van der Waals surface area (Å²) < 4.78 is 11.9. The largest absolute Gasteiger partial charge is 0.468 e. The van der Waals surface area contributed by atoms with Gasteiger partial charge in [-0.15, -0.1) is 0 Å². The maximum atomic E-state index is 13.4. The topological polar surface area (TPSA) is 67.9 Å². The average Bonchev–Trinajstić information content (AvgIpc) is 3.30. The van der Waals surface area contributed by atoms with Crippen molar-refractivity contribution in [2.45, 2.75) is 43.2 Å². The minimum absolute atomic E-state index is 0.101. The molecule has 1 aliphatic carbocycles. The van der Waals surface area contributed by atoms with Crippen LogP contribution in [0, 0.1) is 11.3 Å². The summed E-state index contributed by atoms with van der Waals surface area (Å²) in [5.41, 5.74) is 0.303. The van der Waals surface area contributed by atoms with Crippen LogP contribution in [0.2, 0.25) is 0 Å². The number of hydrogen-bond acceptors (Lipinski definition) is 6. The molecule has 5 aliphatic rings. The SMILES string of the molecule is C/C=C1\CN2[C@@H]3C[C@@]45c6ccccc6N[C@]4(O3)[C@@H]2C[C@@H]1[C@]5(C=O)C(=O)OC. The van der Waals surface area contributed by atoms with E-state index in [9.17, 15) is 9.59 Å². The Morgan fingerprint density at radius 3 is 2.96 bits per heavy atom. The van der Waals surface area contributed by atoms with E-state index in [0.29, 0.717) is 12.8 Å². The highest BCUT2D eigenvalue weighted by Gasteiger charge is 2.87. The number of para-hydroxylation sites is 1. The highest BCUT2D eigenvalue weighted by Crippen LogP contribution is 2.75. The second kappa shape index (κ2) is 4.62. The zero-order valence-electron chi connectivity index (χ0n) is 15.4. The van der Waals surface area contributed by atoms with Gasteiger partial charge in [-0.05, 0) is 25.0 Å². The number of carbonyl (C=O) groups excluding carboxylic acids is 2. The maximum absolute atomic E-state index is 13.4. The summed E-state index contributed by atoms with van der Waals surface area (Å²) in [6.45, 7) is 2.73. The van der Waals surface area contributed by atoms with Crippen LogP contribution >= 0.6 is 0 Å². The van der Waals surface area contributed by atoms with Gasteiger partial charge in [0.1, 0.15) is 17.9 Å². The molecular formula is C21H22N2O4. The standard InChI is InChI=1S/C21H22N2O4/c1-3-12-10-23-16-8-14(12)19(11-24,18(25)26-2)20-9-17(23)27-21(16,20)22-15-7-5-4-6-13(15)20/h3-7,11,14,16-17,22H,8-10H2,1-2H3/b12-3+/t14-,16-,17-,19+,20-,21-/m0/s1. The lowest BCUT2D eigenvalue weighted by Crippen LogP contribution is -2.78. The monoisotopic (exact) mass is 366 g/mol. The molecule has 0 unspecified atom stereocenters. The fourth-order valence-corrected chi connectivity index (χ4v) is 7.14. The molecule has 1 aromatic rings. The predicted molar refractivity (Wildman–Crippen MR) is 96.8 cm³/mol. The van der Waals surface area contributed by atoms with Crippen LogP contribution in [-0.2, 0) is 24.5 Å². The van der Waals surface area contributed by atoms with E-state index in [4.69, 9.17) is 9.47 Å². The van der Waals surface area contributed by atoms with E-state index in [-0.39, 0.29) is 18.2 Å². The predicted octanol–water partition coefficient (Wildman–Crippen LogP) is 1.81. The first-order valence-corrected chi connectivity index (χ1v) is 9.60. The van der Waals surface area contributed by atoms with E-state index >= 15 is 0 Å². The number of nitrogens with one attached hydrogen (secondary N) is 1. The zero-order valence-corrected chi connectivity index (χ0v) is 15.4. The molecule has 6 heteroatoms. The number of anilines is 1. The number of esters is 1. The Morgan fingerprint density at radius 2 is 2.22 bits per heavy atom. The molecule has 4 heterocycles. The third-order valence-electron chi connectivity index (χ3n) is 7.99. The molecule has 1 saturated carbocycles. The minimum atomic E-state index is -1.29. The number of aldehydes is 1. The van der Waals surface area contributed by atoms with Crippen molar-refractivity contribution < 1.29 is 19.1 Å². The second-order valence-electron chi connectivity index (χ2n) is 8.41. The average molecular weight is 366 g/mol. The Bertz CT molecular complexity index is 929. The first kappa shape index (κ1) is 15.8. The van der Waals surface area contributed by atoms with Gasteiger partial charge in [0.15, 0.2) is 5.72 Å². The van der Waals surface area contributed by atoms with E-state index in [2.05, 4.69) is 16.3 Å². The lowest BCUT2D eigenvalue weighted by Gasteiger charge is -2.63. The number of nitrogens with zero attached hydrogens (tertiary/aromatic N) is 1. The molecular weight excluding hydrogens is 344 g/mol. The third-order valence-corrected chi connectivity index (χ3v) is 7.99. The number of benzene rings is 1. The summed E-state index contributed by atoms with van der Waals surface area (Å²) in [6.07, 6.45) is 4.18. The maximum Gasteiger partial charge on any atom is 0.320 e. The lowest BCUT2D eigenvalue weighted by atomic mass is 9.42. The normalized spacial score (nSPS) is 46.9. The summed E-state index contributed by atoms with van der Waals surface area (Å²) in [6, 6.07) is 8.15. The number of allylic oxidation sites excluding steroid dienone is 1. The van der Waals surface area contributed by atoms with Gasteiger partial charge >= 0.3 is 5.97 Å². The molecule has 4 bridgehead atoms. The van der Waals surface area contributed by atoms with Gasteiger partial charge in [-0.25, -0.2) is 0 Å². The van der Waals surface area contributed by atoms with Gasteiger partial charge in [0.2, 0.25) is 0 Å². The second-order valence-corrected chi connectivity index (χ2v) is 8.41. The van der Waals surface area contributed by atoms with Crippen LogP contribution in [0.4, 0.5) is 5.69 Å². The van der Waals surface area contributed by atoms with Gasteiger partial charge in [-0.2, -0.15) is 0 Å². The highest BCUT2D eigenvalue weighted by molar-refractivity contribution is 5.99. The van der Waals surface area contributed by atoms with Crippen LogP contribution in [0.5, 0.6) is 0 Å². The van der Waals surface area contributed by atoms with Crippen molar-refractivity contribution in [3.63, 3.8) is 0 Å². The molecule has 0 amide bonds. The lowest BCUT2D eigenvalue weighted by molar-refractivity contribution is -0.182. The third kappa shape index (κ3) is 1.32. The Hall–Kier alpha value is -2.18. The van der Waals surface area contributed by atoms with Crippen molar-refractivity contribution in [2.75, 3.05) is 19.0 Å². The summed E-state index contributed by atoms with van der Waals surface area (Å²) in [7, 11) is 1.38. The fourth-order valence-electron chi connectivity index (χ4n) is 7.14. The van der Waals surface area contributed by atoms with Gasteiger partial charge in [-0.1, -0.05) is 29.8 Å². The number of carbonyl (C=O) groups is 2. The Kier molecular flexibility index (Phi) is 2.71. The molecule has 0 aromatic heterocycles. The molecule has 27 heavy (non-hydrogen) atoms. The quantitative estimate of drug-likeness (QED) is 0.373. The Labute approximate surface area is 157 Å². The number of methoxy groups -OCH3 is 1. The first-order chi connectivity index (χ1) is 13.1. The molecule has 0 radical (unpaired) electrons. The number of ether oxygens (including phenoxy) is 2. The van der Waals surface area contributed by atoms with Gasteiger partial charge in [-0.3, -0.25) is 9.69 Å². The van der Waals surface area contributed by atoms with Crippen LogP contribution < -0.4 is 5.32 Å². The van der Waals surface area contributed by atoms with Crippen LogP contribution in [0.25, 0.3) is 0 Å². The summed E-state index contributed by atoms with van der Waals surface area (Å²) >= 11 is 0. The van der Waals surface area contributed by atoms with Crippen molar-refractivity contribution in [1.82, 2.24) is 4.90 Å². The van der Waals surface area contributed by atoms with Crippen LogP contribution in [0.3, 0.4) is 0 Å². The number of hydrogen-bond donors (Lipinski definition) is 1. The van der Waals surface area contributed by atoms with E-state index < -0.39 is 22.5 Å². The van der Waals surface area contributed by atoms with Crippen molar-refractivity contribution in [1.29, 1.82) is 0 Å².